The topological polar surface area (TPSA) is 3.24 Å². The average molecular weight is 284 g/mol. The summed E-state index contributed by atoms with van der Waals surface area (Å²) >= 11 is 6.34. The van der Waals surface area contributed by atoms with E-state index in [0.717, 1.165) is 23.5 Å². The number of hydrogen-bond acceptors (Lipinski definition) is 1. The molecular formula is C18H18ClN. The quantitative estimate of drug-likeness (QED) is 0.574. The second-order valence-electron chi connectivity index (χ2n) is 4.98. The van der Waals surface area contributed by atoms with E-state index < -0.39 is 0 Å². The minimum atomic E-state index is 0.818. The van der Waals surface area contributed by atoms with Crippen LogP contribution in [0.3, 0.4) is 0 Å². The molecule has 0 unspecified atom stereocenters. The molecule has 0 amide bonds. The van der Waals surface area contributed by atoms with Gasteiger partial charge in [-0.1, -0.05) is 35.9 Å². The minimum Gasteiger partial charge on any atom is -0.372 e. The minimum absolute atomic E-state index is 0.818. The highest BCUT2D eigenvalue weighted by Gasteiger charge is 2.08. The number of rotatable bonds is 3. The highest BCUT2D eigenvalue weighted by molar-refractivity contribution is 6.36. The van der Waals surface area contributed by atoms with E-state index in [1.54, 1.807) is 0 Å². The SMILES string of the molecule is CCN(CC)c1cccc2cc3cccc(Cl)c3cc12. The van der Waals surface area contributed by atoms with Crippen LogP contribution in [-0.4, -0.2) is 13.1 Å². The van der Waals surface area contributed by atoms with Crippen molar-refractivity contribution in [3.8, 4) is 0 Å². The van der Waals surface area contributed by atoms with Crippen molar-refractivity contribution in [1.82, 2.24) is 0 Å². The molecule has 0 aliphatic rings. The summed E-state index contributed by atoms with van der Waals surface area (Å²) in [6.45, 7) is 6.40. The molecular weight excluding hydrogens is 266 g/mol. The number of nitrogens with zero attached hydrogens (tertiary/aromatic N) is 1. The van der Waals surface area contributed by atoms with E-state index in [-0.39, 0.29) is 0 Å². The molecule has 0 radical (unpaired) electrons. The Labute approximate surface area is 124 Å². The van der Waals surface area contributed by atoms with Crippen LogP contribution >= 0.6 is 11.6 Å². The van der Waals surface area contributed by atoms with E-state index in [0.29, 0.717) is 0 Å². The van der Waals surface area contributed by atoms with Crippen molar-refractivity contribution in [2.45, 2.75) is 13.8 Å². The molecule has 0 bridgehead atoms. The Morgan fingerprint density at radius 2 is 1.50 bits per heavy atom. The highest BCUT2D eigenvalue weighted by atomic mass is 35.5. The lowest BCUT2D eigenvalue weighted by atomic mass is 10.0. The van der Waals surface area contributed by atoms with Gasteiger partial charge in [0.25, 0.3) is 0 Å². The van der Waals surface area contributed by atoms with Gasteiger partial charge in [-0.05, 0) is 48.9 Å². The summed E-state index contributed by atoms with van der Waals surface area (Å²) in [6.07, 6.45) is 0. The molecule has 0 saturated heterocycles. The van der Waals surface area contributed by atoms with Crippen LogP contribution in [0.5, 0.6) is 0 Å². The predicted octanol–water partition coefficient (Wildman–Crippen LogP) is 5.49. The van der Waals surface area contributed by atoms with Gasteiger partial charge >= 0.3 is 0 Å². The van der Waals surface area contributed by atoms with Crippen molar-refractivity contribution in [2.24, 2.45) is 0 Å². The molecule has 0 aromatic heterocycles. The van der Waals surface area contributed by atoms with Gasteiger partial charge in [0, 0.05) is 34.6 Å². The zero-order valence-electron chi connectivity index (χ0n) is 11.9. The number of halogens is 1. The van der Waals surface area contributed by atoms with Crippen molar-refractivity contribution >= 4 is 38.8 Å². The lowest BCUT2D eigenvalue weighted by Crippen LogP contribution is -2.21. The largest absolute Gasteiger partial charge is 0.372 e. The van der Waals surface area contributed by atoms with Gasteiger partial charge in [-0.25, -0.2) is 0 Å². The van der Waals surface area contributed by atoms with E-state index in [1.165, 1.54) is 21.8 Å². The lowest BCUT2D eigenvalue weighted by molar-refractivity contribution is 0.871. The molecule has 0 aliphatic carbocycles. The Hall–Kier alpha value is -1.73. The maximum absolute atomic E-state index is 6.34. The molecule has 3 aromatic carbocycles. The summed E-state index contributed by atoms with van der Waals surface area (Å²) in [4.78, 5) is 2.38. The van der Waals surface area contributed by atoms with Crippen LogP contribution in [0.25, 0.3) is 21.5 Å². The number of hydrogen-bond donors (Lipinski definition) is 0. The zero-order chi connectivity index (χ0) is 14.1. The van der Waals surface area contributed by atoms with E-state index in [2.05, 4.69) is 55.1 Å². The Morgan fingerprint density at radius 3 is 2.20 bits per heavy atom. The molecule has 0 spiro atoms. The molecule has 2 heteroatoms. The van der Waals surface area contributed by atoms with E-state index in [9.17, 15) is 0 Å². The van der Waals surface area contributed by atoms with Crippen molar-refractivity contribution in [1.29, 1.82) is 0 Å². The summed E-state index contributed by atoms with van der Waals surface area (Å²) in [5.74, 6) is 0. The highest BCUT2D eigenvalue weighted by Crippen LogP contribution is 2.33. The monoisotopic (exact) mass is 283 g/mol. The third kappa shape index (κ3) is 2.12. The van der Waals surface area contributed by atoms with Crippen LogP contribution in [0.4, 0.5) is 5.69 Å². The van der Waals surface area contributed by atoms with Crippen molar-refractivity contribution in [3.05, 3.63) is 53.6 Å². The summed E-state index contributed by atoms with van der Waals surface area (Å²) in [5.41, 5.74) is 1.29. The summed E-state index contributed by atoms with van der Waals surface area (Å²) in [6, 6.07) is 17.0. The van der Waals surface area contributed by atoms with Gasteiger partial charge in [-0.2, -0.15) is 0 Å². The van der Waals surface area contributed by atoms with E-state index in [1.807, 2.05) is 12.1 Å². The van der Waals surface area contributed by atoms with Crippen molar-refractivity contribution < 1.29 is 0 Å². The van der Waals surface area contributed by atoms with Crippen LogP contribution in [0.2, 0.25) is 5.02 Å². The van der Waals surface area contributed by atoms with Gasteiger partial charge in [0.1, 0.15) is 0 Å². The van der Waals surface area contributed by atoms with E-state index >= 15 is 0 Å². The molecule has 0 heterocycles. The first kappa shape index (κ1) is 13.3. The zero-order valence-corrected chi connectivity index (χ0v) is 12.6. The molecule has 0 aliphatic heterocycles. The first-order chi connectivity index (χ1) is 9.74. The fraction of sp³-hybridized carbons (Fsp3) is 0.222. The summed E-state index contributed by atoms with van der Waals surface area (Å²) in [7, 11) is 0. The molecule has 0 fully saturated rings. The van der Waals surface area contributed by atoms with Crippen LogP contribution < -0.4 is 4.90 Å². The van der Waals surface area contributed by atoms with Gasteiger partial charge in [-0.3, -0.25) is 0 Å². The Kier molecular flexibility index (Phi) is 3.54. The van der Waals surface area contributed by atoms with Gasteiger partial charge in [0.15, 0.2) is 0 Å². The second kappa shape index (κ2) is 5.34. The fourth-order valence-corrected chi connectivity index (χ4v) is 3.07. The fourth-order valence-electron chi connectivity index (χ4n) is 2.84. The van der Waals surface area contributed by atoms with Crippen LogP contribution in [0.1, 0.15) is 13.8 Å². The molecule has 20 heavy (non-hydrogen) atoms. The maximum atomic E-state index is 6.34. The molecule has 1 nitrogen and oxygen atoms in total. The number of benzene rings is 3. The van der Waals surface area contributed by atoms with Gasteiger partial charge in [0.05, 0.1) is 0 Å². The van der Waals surface area contributed by atoms with Crippen LogP contribution in [-0.2, 0) is 0 Å². The Balaban J connectivity index is 2.35. The van der Waals surface area contributed by atoms with Gasteiger partial charge in [-0.15, -0.1) is 0 Å². The second-order valence-corrected chi connectivity index (χ2v) is 5.39. The standard InChI is InChI=1S/C18H18ClN/c1-3-20(4-2)18-10-6-8-14-11-13-7-5-9-17(19)15(13)12-16(14)18/h5-12H,3-4H2,1-2H3. The molecule has 102 valence electrons. The molecule has 3 aromatic rings. The first-order valence-electron chi connectivity index (χ1n) is 7.10. The third-order valence-electron chi connectivity index (χ3n) is 3.91. The molecule has 3 rings (SSSR count). The van der Waals surface area contributed by atoms with Gasteiger partial charge < -0.3 is 4.90 Å². The van der Waals surface area contributed by atoms with E-state index in [4.69, 9.17) is 11.6 Å². The predicted molar refractivity (Wildman–Crippen MR) is 90.0 cm³/mol. The smallest absolute Gasteiger partial charge is 0.0484 e. The van der Waals surface area contributed by atoms with Crippen molar-refractivity contribution in [3.63, 3.8) is 0 Å². The van der Waals surface area contributed by atoms with Gasteiger partial charge in [0.2, 0.25) is 0 Å². The Morgan fingerprint density at radius 1 is 0.850 bits per heavy atom. The number of fused-ring (bicyclic) bond motifs is 2. The third-order valence-corrected chi connectivity index (χ3v) is 4.24. The molecule has 0 atom stereocenters. The molecule has 0 N–H and O–H groups in total. The molecule has 0 saturated carbocycles. The summed E-state index contributed by atoms with van der Waals surface area (Å²) in [5, 5.41) is 5.68. The van der Waals surface area contributed by atoms with Crippen LogP contribution in [0, 0.1) is 0 Å². The normalized spacial score (nSPS) is 11.2. The number of anilines is 1. The Bertz CT molecular complexity index is 760. The van der Waals surface area contributed by atoms with Crippen molar-refractivity contribution in [2.75, 3.05) is 18.0 Å². The first-order valence-corrected chi connectivity index (χ1v) is 7.48. The van der Waals surface area contributed by atoms with Crippen LogP contribution in [0.15, 0.2) is 48.5 Å². The average Bonchev–Trinajstić information content (AvgIpc) is 2.47. The lowest BCUT2D eigenvalue weighted by Gasteiger charge is -2.23. The maximum Gasteiger partial charge on any atom is 0.0484 e. The summed E-state index contributed by atoms with van der Waals surface area (Å²) < 4.78 is 0.